The lowest BCUT2D eigenvalue weighted by Gasteiger charge is -2.21. The van der Waals surface area contributed by atoms with Crippen molar-refractivity contribution in [3.8, 4) is 0 Å². The lowest BCUT2D eigenvalue weighted by atomic mass is 10.00. The van der Waals surface area contributed by atoms with Gasteiger partial charge in [-0.1, -0.05) is 56.3 Å². The van der Waals surface area contributed by atoms with Crippen LogP contribution in [0.2, 0.25) is 0 Å². The van der Waals surface area contributed by atoms with E-state index in [-0.39, 0.29) is 5.78 Å². The SMILES string of the molecule is CC(C)Cc1cccc(C(=O)N[C@@H](CO)C(=O)NC(Cc2ccccc2)C(=O)[C@H]2CO2)c1. The zero-order valence-corrected chi connectivity index (χ0v) is 18.4. The average molecular weight is 439 g/mol. The van der Waals surface area contributed by atoms with Gasteiger partial charge in [-0.3, -0.25) is 14.4 Å². The molecule has 1 heterocycles. The normalized spacial score (nSPS) is 16.8. The molecule has 0 bridgehead atoms. The van der Waals surface area contributed by atoms with E-state index in [1.165, 1.54) is 0 Å². The molecule has 7 nitrogen and oxygen atoms in total. The van der Waals surface area contributed by atoms with Crippen molar-refractivity contribution in [2.45, 2.75) is 44.9 Å². The number of hydrogen-bond acceptors (Lipinski definition) is 5. The first-order valence-electron chi connectivity index (χ1n) is 10.9. The Balaban J connectivity index is 1.66. The van der Waals surface area contributed by atoms with Crippen LogP contribution >= 0.6 is 0 Å². The Morgan fingerprint density at radius 2 is 1.66 bits per heavy atom. The minimum atomic E-state index is -1.18. The van der Waals surface area contributed by atoms with Crippen LogP contribution in [0.1, 0.15) is 35.3 Å². The summed E-state index contributed by atoms with van der Waals surface area (Å²) in [5.74, 6) is -0.846. The van der Waals surface area contributed by atoms with Crippen molar-refractivity contribution in [1.29, 1.82) is 0 Å². The van der Waals surface area contributed by atoms with Gasteiger partial charge in [0.25, 0.3) is 5.91 Å². The highest BCUT2D eigenvalue weighted by Crippen LogP contribution is 2.15. The fourth-order valence-electron chi connectivity index (χ4n) is 3.53. The molecule has 1 fully saturated rings. The van der Waals surface area contributed by atoms with Gasteiger partial charge in [0.05, 0.1) is 19.3 Å². The maximum atomic E-state index is 12.8. The highest BCUT2D eigenvalue weighted by atomic mass is 16.6. The van der Waals surface area contributed by atoms with E-state index in [4.69, 9.17) is 4.74 Å². The Morgan fingerprint density at radius 3 is 2.28 bits per heavy atom. The van der Waals surface area contributed by atoms with Crippen molar-refractivity contribution in [2.24, 2.45) is 5.92 Å². The largest absolute Gasteiger partial charge is 0.394 e. The molecule has 7 heteroatoms. The lowest BCUT2D eigenvalue weighted by Crippen LogP contribution is -2.54. The predicted octanol–water partition coefficient (Wildman–Crippen LogP) is 1.67. The van der Waals surface area contributed by atoms with E-state index in [2.05, 4.69) is 24.5 Å². The first kappa shape index (κ1) is 23.6. The fourth-order valence-corrected chi connectivity index (χ4v) is 3.53. The number of rotatable bonds is 11. The molecule has 2 aromatic carbocycles. The molecule has 170 valence electrons. The van der Waals surface area contributed by atoms with Crippen molar-refractivity contribution in [3.63, 3.8) is 0 Å². The first-order valence-corrected chi connectivity index (χ1v) is 10.9. The number of carbonyl (C=O) groups excluding carboxylic acids is 3. The Kier molecular flexibility index (Phi) is 8.14. The highest BCUT2D eigenvalue weighted by molar-refractivity contribution is 5.99. The third kappa shape index (κ3) is 6.73. The molecule has 3 N–H and O–H groups in total. The van der Waals surface area contributed by atoms with Gasteiger partial charge >= 0.3 is 0 Å². The van der Waals surface area contributed by atoms with Crippen molar-refractivity contribution >= 4 is 17.6 Å². The summed E-state index contributed by atoms with van der Waals surface area (Å²) in [6, 6.07) is 14.5. The summed E-state index contributed by atoms with van der Waals surface area (Å²) in [5.41, 5.74) is 2.33. The minimum Gasteiger partial charge on any atom is -0.394 e. The van der Waals surface area contributed by atoms with Crippen LogP contribution in [0.5, 0.6) is 0 Å². The summed E-state index contributed by atoms with van der Waals surface area (Å²) in [6.07, 6.45) is 0.612. The van der Waals surface area contributed by atoms with E-state index >= 15 is 0 Å². The lowest BCUT2D eigenvalue weighted by molar-refractivity contribution is -0.130. The molecule has 3 rings (SSSR count). The second-order valence-electron chi connectivity index (χ2n) is 8.48. The predicted molar refractivity (Wildman–Crippen MR) is 120 cm³/mol. The van der Waals surface area contributed by atoms with Crippen molar-refractivity contribution < 1.29 is 24.2 Å². The van der Waals surface area contributed by atoms with Crippen molar-refractivity contribution in [1.82, 2.24) is 10.6 Å². The Bertz CT molecular complexity index is 940. The molecular formula is C25H30N2O5. The molecule has 1 saturated heterocycles. The number of ketones is 1. The molecule has 3 atom stereocenters. The maximum absolute atomic E-state index is 12.8. The zero-order chi connectivity index (χ0) is 23.1. The Labute approximate surface area is 188 Å². The number of epoxide rings is 1. The average Bonchev–Trinajstić information content (AvgIpc) is 3.62. The van der Waals surface area contributed by atoms with Gasteiger partial charge < -0.3 is 20.5 Å². The molecule has 1 aliphatic rings. The highest BCUT2D eigenvalue weighted by Gasteiger charge is 2.38. The van der Waals surface area contributed by atoms with Crippen LogP contribution in [-0.2, 0) is 27.2 Å². The van der Waals surface area contributed by atoms with Gasteiger partial charge in [-0.05, 0) is 42.0 Å². The number of benzene rings is 2. The number of nitrogens with one attached hydrogen (secondary N) is 2. The summed E-state index contributed by atoms with van der Waals surface area (Å²) in [6.45, 7) is 3.94. The summed E-state index contributed by atoms with van der Waals surface area (Å²) in [4.78, 5) is 38.2. The van der Waals surface area contributed by atoms with Crippen molar-refractivity contribution in [2.75, 3.05) is 13.2 Å². The molecule has 32 heavy (non-hydrogen) atoms. The zero-order valence-electron chi connectivity index (χ0n) is 18.4. The Hall–Kier alpha value is -3.03. The molecule has 0 aromatic heterocycles. The molecule has 0 saturated carbocycles. The standard InChI is InChI=1S/C25H30N2O5/c1-16(2)11-18-9-6-10-19(12-18)24(30)27-21(14-28)25(31)26-20(23(29)22-15-32-22)13-17-7-4-3-5-8-17/h3-10,12,16,20-22,28H,11,13-15H2,1-2H3,(H,26,31)(H,27,30)/t20?,21-,22+/m0/s1. The number of aliphatic hydroxyl groups excluding tert-OH is 1. The van der Waals surface area contributed by atoms with Gasteiger partial charge in [0.15, 0.2) is 5.78 Å². The number of hydrogen-bond donors (Lipinski definition) is 3. The molecule has 1 unspecified atom stereocenters. The third-order valence-corrected chi connectivity index (χ3v) is 5.23. The number of aliphatic hydroxyl groups is 1. The van der Waals surface area contributed by atoms with Crippen LogP contribution in [0.4, 0.5) is 0 Å². The van der Waals surface area contributed by atoms with E-state index < -0.39 is 36.6 Å². The van der Waals surface area contributed by atoms with Crippen LogP contribution < -0.4 is 10.6 Å². The monoisotopic (exact) mass is 438 g/mol. The van der Waals surface area contributed by atoms with Crippen LogP contribution in [0.25, 0.3) is 0 Å². The second-order valence-corrected chi connectivity index (χ2v) is 8.48. The number of amides is 2. The van der Waals surface area contributed by atoms with Gasteiger partial charge in [0, 0.05) is 5.56 Å². The minimum absolute atomic E-state index is 0.216. The number of ether oxygens (including phenoxy) is 1. The summed E-state index contributed by atoms with van der Waals surface area (Å²) in [7, 11) is 0. The maximum Gasteiger partial charge on any atom is 0.252 e. The fraction of sp³-hybridized carbons (Fsp3) is 0.400. The summed E-state index contributed by atoms with van der Waals surface area (Å²) >= 11 is 0. The van der Waals surface area contributed by atoms with Gasteiger partial charge in [0.2, 0.25) is 5.91 Å². The van der Waals surface area contributed by atoms with E-state index in [0.717, 1.165) is 17.5 Å². The van der Waals surface area contributed by atoms with Crippen LogP contribution in [0, 0.1) is 5.92 Å². The molecule has 1 aliphatic heterocycles. The summed E-state index contributed by atoms with van der Waals surface area (Å²) in [5, 5.41) is 15.0. The molecule has 2 amide bonds. The second kappa shape index (κ2) is 11.0. The smallest absolute Gasteiger partial charge is 0.252 e. The summed E-state index contributed by atoms with van der Waals surface area (Å²) < 4.78 is 5.10. The van der Waals surface area contributed by atoms with E-state index in [0.29, 0.717) is 24.5 Å². The van der Waals surface area contributed by atoms with Crippen LogP contribution in [0.3, 0.4) is 0 Å². The number of Topliss-reactive ketones (excluding diaryl/α,β-unsaturated/α-hetero) is 1. The molecule has 0 spiro atoms. The van der Waals surface area contributed by atoms with Gasteiger partial charge in [-0.2, -0.15) is 0 Å². The molecule has 2 aromatic rings. The Morgan fingerprint density at radius 1 is 0.969 bits per heavy atom. The van der Waals surface area contributed by atoms with Crippen LogP contribution in [-0.4, -0.2) is 54.1 Å². The van der Waals surface area contributed by atoms with Crippen LogP contribution in [0.15, 0.2) is 54.6 Å². The third-order valence-electron chi connectivity index (χ3n) is 5.23. The molecule has 0 aliphatic carbocycles. The van der Waals surface area contributed by atoms with E-state index in [1.807, 2.05) is 36.4 Å². The van der Waals surface area contributed by atoms with Gasteiger partial charge in [-0.25, -0.2) is 0 Å². The van der Waals surface area contributed by atoms with E-state index in [9.17, 15) is 19.5 Å². The van der Waals surface area contributed by atoms with E-state index in [1.54, 1.807) is 18.2 Å². The topological polar surface area (TPSA) is 108 Å². The molecular weight excluding hydrogens is 408 g/mol. The quantitative estimate of drug-likeness (QED) is 0.463. The number of carbonyl (C=O) groups is 3. The first-order chi connectivity index (χ1) is 15.4. The van der Waals surface area contributed by atoms with Gasteiger partial charge in [-0.15, -0.1) is 0 Å². The van der Waals surface area contributed by atoms with Gasteiger partial charge in [0.1, 0.15) is 12.1 Å². The van der Waals surface area contributed by atoms with Crippen molar-refractivity contribution in [3.05, 3.63) is 71.3 Å². The molecule has 0 radical (unpaired) electrons.